The Hall–Kier alpha value is -3.60. The fourth-order valence-corrected chi connectivity index (χ4v) is 3.20. The average Bonchev–Trinajstić information content (AvgIpc) is 3.28. The third-order valence-electron chi connectivity index (χ3n) is 4.44. The molecular formula is C21H17N5. The molecule has 2 heterocycles. The molecule has 3 aromatic carbocycles. The highest BCUT2D eigenvalue weighted by molar-refractivity contribution is 6.27. The summed E-state index contributed by atoms with van der Waals surface area (Å²) in [6.45, 7) is 0.596. The van der Waals surface area contributed by atoms with E-state index in [1.165, 1.54) is 0 Å². The van der Waals surface area contributed by atoms with Crippen LogP contribution in [0.3, 0.4) is 0 Å². The maximum atomic E-state index is 4.86. The highest BCUT2D eigenvalue weighted by Gasteiger charge is 2.38. The quantitative estimate of drug-likeness (QED) is 0.725. The first-order valence-electron chi connectivity index (χ1n) is 8.58. The molecule has 3 aromatic rings. The van der Waals surface area contributed by atoms with Gasteiger partial charge in [0.25, 0.3) is 5.96 Å². The molecule has 0 fully saturated rings. The number of fused-ring (bicyclic) bond motifs is 1. The van der Waals surface area contributed by atoms with E-state index in [4.69, 9.17) is 10.2 Å². The molecule has 0 unspecified atom stereocenters. The molecule has 5 nitrogen and oxygen atoms in total. The van der Waals surface area contributed by atoms with Crippen LogP contribution >= 0.6 is 0 Å². The smallest absolute Gasteiger partial charge is 0.252 e. The van der Waals surface area contributed by atoms with E-state index in [9.17, 15) is 0 Å². The molecule has 0 atom stereocenters. The van der Waals surface area contributed by atoms with Crippen molar-refractivity contribution in [3.05, 3.63) is 96.6 Å². The predicted molar refractivity (Wildman–Crippen MR) is 105 cm³/mol. The van der Waals surface area contributed by atoms with Crippen LogP contribution in [-0.4, -0.2) is 23.5 Å². The standard InChI is InChI=1S/C21H17N5/c1-4-10-17(11-5-1)20-22-25-16-24(18-12-6-2-7-13-18)23-21(25)26(20)19-14-8-3-9-15-19/h1-15H,16H2. The number of nitrogens with zero attached hydrogens (tertiary/aromatic N) is 5. The van der Waals surface area contributed by atoms with E-state index in [-0.39, 0.29) is 0 Å². The highest BCUT2D eigenvalue weighted by Crippen LogP contribution is 2.30. The first-order chi connectivity index (χ1) is 12.9. The third kappa shape index (κ3) is 2.41. The minimum Gasteiger partial charge on any atom is -0.260 e. The van der Waals surface area contributed by atoms with Crippen LogP contribution in [0.2, 0.25) is 0 Å². The second kappa shape index (κ2) is 6.04. The van der Waals surface area contributed by atoms with Gasteiger partial charge in [-0.15, -0.1) is 10.2 Å². The monoisotopic (exact) mass is 339 g/mol. The van der Waals surface area contributed by atoms with Crippen molar-refractivity contribution >= 4 is 23.2 Å². The molecule has 0 spiro atoms. The minimum absolute atomic E-state index is 0.596. The zero-order chi connectivity index (χ0) is 17.3. The fraction of sp³-hybridized carbons (Fsp3) is 0.0476. The SMILES string of the molecule is c1ccc(C2=NN3CN(c4ccccc4)N=C3N2c2ccccc2)cc1. The number of amidine groups is 1. The van der Waals surface area contributed by atoms with Gasteiger partial charge < -0.3 is 0 Å². The molecule has 0 radical (unpaired) electrons. The summed E-state index contributed by atoms with van der Waals surface area (Å²) in [4.78, 5) is 2.11. The molecule has 2 aliphatic heterocycles. The lowest BCUT2D eigenvalue weighted by atomic mass is 10.2. The van der Waals surface area contributed by atoms with Gasteiger partial charge in [-0.2, -0.15) is 0 Å². The summed E-state index contributed by atoms with van der Waals surface area (Å²) in [5.74, 6) is 1.71. The lowest BCUT2D eigenvalue weighted by Crippen LogP contribution is -2.35. The highest BCUT2D eigenvalue weighted by atomic mass is 15.8. The van der Waals surface area contributed by atoms with Crippen molar-refractivity contribution in [2.24, 2.45) is 10.2 Å². The van der Waals surface area contributed by atoms with Gasteiger partial charge in [0.2, 0.25) is 0 Å². The number of rotatable bonds is 3. The van der Waals surface area contributed by atoms with Crippen molar-refractivity contribution < 1.29 is 0 Å². The molecule has 0 aromatic heterocycles. The van der Waals surface area contributed by atoms with Crippen molar-refractivity contribution in [1.29, 1.82) is 0 Å². The molecule has 2 aliphatic rings. The van der Waals surface area contributed by atoms with Crippen LogP contribution in [0.5, 0.6) is 0 Å². The van der Waals surface area contributed by atoms with Gasteiger partial charge in [0.15, 0.2) is 5.84 Å². The summed E-state index contributed by atoms with van der Waals surface area (Å²) in [6, 6.07) is 30.6. The third-order valence-corrected chi connectivity index (χ3v) is 4.44. The fourth-order valence-electron chi connectivity index (χ4n) is 3.20. The normalized spacial score (nSPS) is 15.8. The summed E-state index contributed by atoms with van der Waals surface area (Å²) in [7, 11) is 0. The molecule has 0 bridgehead atoms. The van der Waals surface area contributed by atoms with E-state index in [1.807, 2.05) is 64.6 Å². The van der Waals surface area contributed by atoms with E-state index in [1.54, 1.807) is 0 Å². The van der Waals surface area contributed by atoms with E-state index < -0.39 is 0 Å². The summed E-state index contributed by atoms with van der Waals surface area (Å²) < 4.78 is 0. The van der Waals surface area contributed by atoms with Gasteiger partial charge in [0, 0.05) is 5.56 Å². The summed E-state index contributed by atoms with van der Waals surface area (Å²) in [5.41, 5.74) is 3.17. The van der Waals surface area contributed by atoms with Crippen LogP contribution in [0, 0.1) is 0 Å². The van der Waals surface area contributed by atoms with Crippen LogP contribution in [0.1, 0.15) is 5.56 Å². The number of hydrogen-bond donors (Lipinski definition) is 0. The Kier molecular flexibility index (Phi) is 3.42. The lowest BCUT2D eigenvalue weighted by Gasteiger charge is -2.19. The summed E-state index contributed by atoms with van der Waals surface area (Å²) >= 11 is 0. The second-order valence-corrected chi connectivity index (χ2v) is 6.14. The van der Waals surface area contributed by atoms with Crippen molar-refractivity contribution in [2.75, 3.05) is 16.6 Å². The maximum absolute atomic E-state index is 4.86. The predicted octanol–water partition coefficient (Wildman–Crippen LogP) is 3.92. The van der Waals surface area contributed by atoms with Crippen LogP contribution in [-0.2, 0) is 0 Å². The van der Waals surface area contributed by atoms with Crippen LogP contribution in [0.4, 0.5) is 11.4 Å². The Morgan fingerprint density at radius 3 is 1.81 bits per heavy atom. The largest absolute Gasteiger partial charge is 0.260 e. The Morgan fingerprint density at radius 1 is 0.577 bits per heavy atom. The number of anilines is 2. The number of hydrazone groups is 2. The molecule has 126 valence electrons. The lowest BCUT2D eigenvalue weighted by molar-refractivity contribution is 0.485. The van der Waals surface area contributed by atoms with Crippen LogP contribution < -0.4 is 9.91 Å². The first kappa shape index (κ1) is 14.7. The molecule has 26 heavy (non-hydrogen) atoms. The van der Waals surface area contributed by atoms with Crippen LogP contribution in [0.25, 0.3) is 0 Å². The van der Waals surface area contributed by atoms with Gasteiger partial charge in [0.05, 0.1) is 11.4 Å². The zero-order valence-electron chi connectivity index (χ0n) is 14.1. The number of guanidine groups is 1. The van der Waals surface area contributed by atoms with Gasteiger partial charge in [0.1, 0.15) is 6.67 Å². The zero-order valence-corrected chi connectivity index (χ0v) is 14.1. The second-order valence-electron chi connectivity index (χ2n) is 6.14. The van der Waals surface area contributed by atoms with Gasteiger partial charge in [-0.3, -0.25) is 4.90 Å². The number of para-hydroxylation sites is 2. The van der Waals surface area contributed by atoms with E-state index in [0.29, 0.717) is 6.67 Å². The molecule has 5 heteroatoms. The molecule has 0 aliphatic carbocycles. The van der Waals surface area contributed by atoms with Crippen molar-refractivity contribution in [3.63, 3.8) is 0 Å². The molecule has 5 rings (SSSR count). The van der Waals surface area contributed by atoms with E-state index >= 15 is 0 Å². The minimum atomic E-state index is 0.596. The Balaban J connectivity index is 1.58. The number of benzene rings is 3. The Labute approximate surface area is 152 Å². The average molecular weight is 339 g/mol. The Bertz CT molecular complexity index is 967. The van der Waals surface area contributed by atoms with Gasteiger partial charge in [-0.1, -0.05) is 66.7 Å². The van der Waals surface area contributed by atoms with Crippen molar-refractivity contribution in [2.45, 2.75) is 0 Å². The van der Waals surface area contributed by atoms with Gasteiger partial charge in [-0.25, -0.2) is 10.0 Å². The number of hydrogen-bond acceptors (Lipinski definition) is 5. The topological polar surface area (TPSA) is 34.4 Å². The van der Waals surface area contributed by atoms with Crippen molar-refractivity contribution in [1.82, 2.24) is 5.01 Å². The summed E-state index contributed by atoms with van der Waals surface area (Å²) in [5, 5.41) is 13.6. The Morgan fingerprint density at radius 2 is 1.15 bits per heavy atom. The van der Waals surface area contributed by atoms with Crippen LogP contribution in [0.15, 0.2) is 101 Å². The van der Waals surface area contributed by atoms with E-state index in [0.717, 1.165) is 28.7 Å². The molecular weight excluding hydrogens is 322 g/mol. The van der Waals surface area contributed by atoms with Crippen molar-refractivity contribution in [3.8, 4) is 0 Å². The maximum Gasteiger partial charge on any atom is 0.252 e. The molecule has 0 N–H and O–H groups in total. The van der Waals surface area contributed by atoms with Gasteiger partial charge in [-0.05, 0) is 24.3 Å². The first-order valence-corrected chi connectivity index (χ1v) is 8.58. The molecule has 0 saturated heterocycles. The van der Waals surface area contributed by atoms with Gasteiger partial charge >= 0.3 is 0 Å². The van der Waals surface area contributed by atoms with E-state index in [2.05, 4.69) is 41.3 Å². The molecule has 0 saturated carbocycles. The molecule has 0 amide bonds. The summed E-state index contributed by atoms with van der Waals surface area (Å²) in [6.07, 6.45) is 0.